The maximum Gasteiger partial charge on any atom is 0.244 e. The Hall–Kier alpha value is -1.89. The molecule has 0 N–H and O–H groups in total. The third kappa shape index (κ3) is 3.92. The molecule has 2 aromatic carbocycles. The van der Waals surface area contributed by atoms with Gasteiger partial charge >= 0.3 is 0 Å². The van der Waals surface area contributed by atoms with Gasteiger partial charge in [-0.3, -0.25) is 0 Å². The van der Waals surface area contributed by atoms with Crippen molar-refractivity contribution >= 4 is 32.6 Å². The van der Waals surface area contributed by atoms with Crippen molar-refractivity contribution in [2.24, 2.45) is 0 Å². The molecule has 4 nitrogen and oxygen atoms in total. The van der Waals surface area contributed by atoms with Gasteiger partial charge in [-0.2, -0.15) is 4.31 Å². The summed E-state index contributed by atoms with van der Waals surface area (Å²) in [5, 5.41) is 3.28. The molecule has 0 unspecified atom stereocenters. The highest BCUT2D eigenvalue weighted by molar-refractivity contribution is 7.98. The van der Waals surface area contributed by atoms with Crippen molar-refractivity contribution in [1.82, 2.24) is 9.29 Å². The number of benzene rings is 2. The average Bonchev–Trinajstić information content (AvgIpc) is 2.67. The highest BCUT2D eigenvalue weighted by atomic mass is 32.2. The van der Waals surface area contributed by atoms with Gasteiger partial charge in [-0.15, -0.1) is 11.8 Å². The van der Waals surface area contributed by atoms with E-state index in [0.717, 1.165) is 10.8 Å². The summed E-state index contributed by atoms with van der Waals surface area (Å²) in [7, 11) is -3.45. The molecule has 0 spiro atoms. The van der Waals surface area contributed by atoms with Gasteiger partial charge in [0.2, 0.25) is 10.0 Å². The van der Waals surface area contributed by atoms with Crippen LogP contribution in [-0.4, -0.2) is 30.8 Å². The van der Waals surface area contributed by atoms with Crippen LogP contribution in [0.5, 0.6) is 0 Å². The lowest BCUT2D eigenvalue weighted by atomic mass is 10.1. The Kier molecular flexibility index (Phi) is 5.96. The maximum absolute atomic E-state index is 12.5. The van der Waals surface area contributed by atoms with Crippen LogP contribution in [0.25, 0.3) is 10.8 Å². The monoisotopic (exact) mass is 386 g/mol. The molecule has 26 heavy (non-hydrogen) atoms. The lowest BCUT2D eigenvalue weighted by Gasteiger charge is -2.18. The van der Waals surface area contributed by atoms with Crippen molar-refractivity contribution in [3.63, 3.8) is 0 Å². The molecule has 3 aromatic rings. The molecular formula is C20H22N2O2S2. The molecule has 0 aliphatic rings. The Labute approximate surface area is 159 Å². The van der Waals surface area contributed by atoms with Crippen LogP contribution in [0.3, 0.4) is 0 Å². The minimum atomic E-state index is -3.45. The number of pyridine rings is 1. The zero-order valence-electron chi connectivity index (χ0n) is 14.9. The second kappa shape index (κ2) is 8.20. The van der Waals surface area contributed by atoms with Crippen LogP contribution >= 0.6 is 11.8 Å². The van der Waals surface area contributed by atoms with E-state index in [1.165, 1.54) is 26.8 Å². The molecule has 0 atom stereocenters. The predicted molar refractivity (Wildman–Crippen MR) is 108 cm³/mol. The Balaban J connectivity index is 1.76. The van der Waals surface area contributed by atoms with Crippen molar-refractivity contribution in [2.45, 2.75) is 29.5 Å². The van der Waals surface area contributed by atoms with Crippen LogP contribution in [0.2, 0.25) is 0 Å². The van der Waals surface area contributed by atoms with Gasteiger partial charge in [-0.05, 0) is 28.5 Å². The molecule has 6 heteroatoms. The second-order valence-corrected chi connectivity index (χ2v) is 8.78. The Morgan fingerprint density at radius 1 is 0.962 bits per heavy atom. The van der Waals surface area contributed by atoms with Gasteiger partial charge in [0.05, 0.1) is 5.03 Å². The molecule has 1 aromatic heterocycles. The van der Waals surface area contributed by atoms with Crippen molar-refractivity contribution in [3.05, 3.63) is 66.4 Å². The molecule has 0 amide bonds. The third-order valence-electron chi connectivity index (χ3n) is 4.31. The Morgan fingerprint density at radius 3 is 2.38 bits per heavy atom. The molecule has 1 heterocycles. The smallest absolute Gasteiger partial charge is 0.244 e. The van der Waals surface area contributed by atoms with Gasteiger partial charge in [0.25, 0.3) is 0 Å². The fourth-order valence-electron chi connectivity index (χ4n) is 2.89. The first-order valence-corrected chi connectivity index (χ1v) is 11.0. The standard InChI is InChI=1S/C20H22N2O2S2/c1-3-22(4-2)26(23,24)18-12-13-20(21-14-18)25-15-17-10-7-9-16-8-5-6-11-19(16)17/h5-14H,3-4,15H2,1-2H3. The molecule has 0 saturated heterocycles. The van der Waals surface area contributed by atoms with E-state index in [-0.39, 0.29) is 4.90 Å². The highest BCUT2D eigenvalue weighted by Gasteiger charge is 2.21. The molecule has 0 saturated carbocycles. The van der Waals surface area contributed by atoms with E-state index < -0.39 is 10.0 Å². The van der Waals surface area contributed by atoms with E-state index in [4.69, 9.17) is 0 Å². The van der Waals surface area contributed by atoms with Crippen LogP contribution in [0.1, 0.15) is 19.4 Å². The van der Waals surface area contributed by atoms with Crippen molar-refractivity contribution in [1.29, 1.82) is 0 Å². The first-order valence-electron chi connectivity index (χ1n) is 8.62. The molecule has 0 aliphatic heterocycles. The summed E-state index contributed by atoms with van der Waals surface area (Å²) in [5.41, 5.74) is 1.25. The SMILES string of the molecule is CCN(CC)S(=O)(=O)c1ccc(SCc2cccc3ccccc23)nc1. The summed E-state index contributed by atoms with van der Waals surface area (Å²) in [6, 6.07) is 18.0. The number of hydrogen-bond acceptors (Lipinski definition) is 4. The van der Waals surface area contributed by atoms with Gasteiger partial charge in [-0.25, -0.2) is 13.4 Å². The predicted octanol–water partition coefficient (Wildman–Crippen LogP) is 4.56. The van der Waals surface area contributed by atoms with Gasteiger partial charge in [-0.1, -0.05) is 56.3 Å². The first kappa shape index (κ1) is 18.9. The molecule has 3 rings (SSSR count). The molecule has 0 aliphatic carbocycles. The lowest BCUT2D eigenvalue weighted by molar-refractivity contribution is 0.445. The molecule has 0 bridgehead atoms. The summed E-state index contributed by atoms with van der Waals surface area (Å²) in [6.45, 7) is 4.58. The number of thioether (sulfide) groups is 1. The van der Waals surface area contributed by atoms with Crippen LogP contribution in [-0.2, 0) is 15.8 Å². The van der Waals surface area contributed by atoms with Crippen molar-refractivity contribution < 1.29 is 8.42 Å². The second-order valence-electron chi connectivity index (χ2n) is 5.85. The van der Waals surface area contributed by atoms with E-state index in [1.807, 2.05) is 26.0 Å². The number of hydrogen-bond donors (Lipinski definition) is 0. The summed E-state index contributed by atoms with van der Waals surface area (Å²) in [4.78, 5) is 4.59. The molecular weight excluding hydrogens is 364 g/mol. The van der Waals surface area contributed by atoms with Crippen LogP contribution in [0.4, 0.5) is 0 Å². The summed E-state index contributed by atoms with van der Waals surface area (Å²) in [5.74, 6) is 0.788. The van der Waals surface area contributed by atoms with Gasteiger partial charge in [0, 0.05) is 25.0 Å². The number of rotatable bonds is 7. The minimum absolute atomic E-state index is 0.246. The lowest BCUT2D eigenvalue weighted by Crippen LogP contribution is -2.30. The normalized spacial score (nSPS) is 12.0. The number of nitrogens with zero attached hydrogens (tertiary/aromatic N) is 2. The quantitative estimate of drug-likeness (QED) is 0.559. The largest absolute Gasteiger partial charge is 0.249 e. The number of sulfonamides is 1. The van der Waals surface area contributed by atoms with E-state index in [9.17, 15) is 8.42 Å². The van der Waals surface area contributed by atoms with Crippen LogP contribution in [0, 0.1) is 0 Å². The zero-order valence-corrected chi connectivity index (χ0v) is 16.6. The van der Waals surface area contributed by atoms with Crippen LogP contribution < -0.4 is 0 Å². The number of aromatic nitrogens is 1. The first-order chi connectivity index (χ1) is 12.6. The summed E-state index contributed by atoms with van der Waals surface area (Å²) in [6.07, 6.45) is 1.46. The molecule has 0 fully saturated rings. The Bertz CT molecular complexity index is 977. The third-order valence-corrected chi connectivity index (χ3v) is 7.33. The number of fused-ring (bicyclic) bond motifs is 1. The Morgan fingerprint density at radius 2 is 1.69 bits per heavy atom. The van der Waals surface area contributed by atoms with Gasteiger partial charge in [0.15, 0.2) is 0 Å². The summed E-state index contributed by atoms with van der Waals surface area (Å²) < 4.78 is 26.5. The molecule has 0 radical (unpaired) electrons. The fraction of sp³-hybridized carbons (Fsp3) is 0.250. The van der Waals surface area contributed by atoms with Gasteiger partial charge < -0.3 is 0 Å². The van der Waals surface area contributed by atoms with Crippen molar-refractivity contribution in [2.75, 3.05) is 13.1 Å². The minimum Gasteiger partial charge on any atom is -0.249 e. The van der Waals surface area contributed by atoms with Crippen molar-refractivity contribution in [3.8, 4) is 0 Å². The average molecular weight is 387 g/mol. The van der Waals surface area contributed by atoms with Gasteiger partial charge in [0.1, 0.15) is 4.90 Å². The highest BCUT2D eigenvalue weighted by Crippen LogP contribution is 2.27. The fourth-order valence-corrected chi connectivity index (χ4v) is 5.14. The topological polar surface area (TPSA) is 50.3 Å². The van der Waals surface area contributed by atoms with E-state index in [1.54, 1.807) is 23.9 Å². The molecule has 136 valence electrons. The van der Waals surface area contributed by atoms with Crippen LogP contribution in [0.15, 0.2) is 70.7 Å². The maximum atomic E-state index is 12.5. The van der Waals surface area contributed by atoms with E-state index >= 15 is 0 Å². The zero-order chi connectivity index (χ0) is 18.6. The van der Waals surface area contributed by atoms with E-state index in [0.29, 0.717) is 13.1 Å². The van der Waals surface area contributed by atoms with E-state index in [2.05, 4.69) is 35.3 Å². The summed E-state index contributed by atoms with van der Waals surface area (Å²) >= 11 is 1.61.